The molecule has 0 radical (unpaired) electrons. The van der Waals surface area contributed by atoms with Crippen molar-refractivity contribution < 1.29 is 19.1 Å². The number of phenolic OH excluding ortho intramolecular Hbond substituents is 1. The summed E-state index contributed by atoms with van der Waals surface area (Å²) in [6.45, 7) is 0.186. The Kier molecular flexibility index (Phi) is 4.72. The number of nitrogens with one attached hydrogen (secondary N) is 1. The number of carbonyl (C=O) groups is 1. The van der Waals surface area contributed by atoms with E-state index in [0.717, 1.165) is 0 Å². The zero-order chi connectivity index (χ0) is 16.9. The van der Waals surface area contributed by atoms with Crippen LogP contribution in [0.5, 0.6) is 11.5 Å². The highest BCUT2D eigenvalue weighted by Gasteiger charge is 2.13. The molecule has 0 fully saturated rings. The Morgan fingerprint density at radius 1 is 1.08 bits per heavy atom. The molecule has 0 aliphatic rings. The largest absolute Gasteiger partial charge is 0.506 e. The van der Waals surface area contributed by atoms with Crippen molar-refractivity contribution in [1.82, 2.24) is 0 Å². The van der Waals surface area contributed by atoms with Gasteiger partial charge in [-0.25, -0.2) is 0 Å². The third-order valence-corrected chi connectivity index (χ3v) is 3.48. The molecule has 1 amide bonds. The van der Waals surface area contributed by atoms with E-state index in [0.29, 0.717) is 22.2 Å². The number of ether oxygens (including phenoxy) is 1. The quantitative estimate of drug-likeness (QED) is 0.670. The third-order valence-electron chi connectivity index (χ3n) is 3.23. The first kappa shape index (κ1) is 16.0. The Labute approximate surface area is 143 Å². The minimum Gasteiger partial charge on any atom is -0.506 e. The first-order chi connectivity index (χ1) is 11.6. The van der Waals surface area contributed by atoms with Crippen LogP contribution in [-0.2, 0) is 6.61 Å². The fraction of sp³-hybridized carbons (Fsp3) is 0.0556. The standard InChI is InChI=1S/C18H14ClNO4/c19-12-5-7-13(8-6-12)23-11-14-9-10-17(24-14)18(22)20-15-3-1-2-4-16(15)21/h1-10,21H,11H2,(H,20,22). The van der Waals surface area contributed by atoms with Gasteiger partial charge in [0.1, 0.15) is 23.9 Å². The number of carbonyl (C=O) groups excluding carboxylic acids is 1. The highest BCUT2D eigenvalue weighted by molar-refractivity contribution is 6.30. The van der Waals surface area contributed by atoms with Crippen molar-refractivity contribution in [3.05, 3.63) is 77.2 Å². The number of rotatable bonds is 5. The summed E-state index contributed by atoms with van der Waals surface area (Å²) < 4.78 is 11.0. The number of amides is 1. The van der Waals surface area contributed by atoms with Gasteiger partial charge in [0, 0.05) is 5.02 Å². The van der Waals surface area contributed by atoms with Crippen LogP contribution in [0.25, 0.3) is 0 Å². The number of halogens is 1. The van der Waals surface area contributed by atoms with E-state index in [1.807, 2.05) is 0 Å². The molecule has 24 heavy (non-hydrogen) atoms. The molecule has 3 rings (SSSR count). The Morgan fingerprint density at radius 2 is 1.83 bits per heavy atom. The lowest BCUT2D eigenvalue weighted by atomic mass is 10.3. The lowest BCUT2D eigenvalue weighted by Gasteiger charge is -2.05. The van der Waals surface area contributed by atoms with Gasteiger partial charge in [-0.1, -0.05) is 23.7 Å². The third kappa shape index (κ3) is 3.88. The van der Waals surface area contributed by atoms with Gasteiger partial charge in [0.05, 0.1) is 5.69 Å². The molecule has 0 saturated carbocycles. The molecular weight excluding hydrogens is 330 g/mol. The van der Waals surface area contributed by atoms with Crippen LogP contribution in [0.1, 0.15) is 16.3 Å². The molecule has 0 aliphatic carbocycles. The van der Waals surface area contributed by atoms with Crippen molar-refractivity contribution in [2.24, 2.45) is 0 Å². The van der Waals surface area contributed by atoms with Crippen LogP contribution >= 0.6 is 11.6 Å². The van der Waals surface area contributed by atoms with Crippen LogP contribution in [-0.4, -0.2) is 11.0 Å². The van der Waals surface area contributed by atoms with E-state index in [4.69, 9.17) is 20.8 Å². The SMILES string of the molecule is O=C(Nc1ccccc1O)c1ccc(COc2ccc(Cl)cc2)o1. The van der Waals surface area contributed by atoms with Crippen molar-refractivity contribution in [2.75, 3.05) is 5.32 Å². The maximum atomic E-state index is 12.1. The predicted molar refractivity (Wildman–Crippen MR) is 90.6 cm³/mol. The molecule has 122 valence electrons. The second-order valence-corrected chi connectivity index (χ2v) is 5.42. The number of benzene rings is 2. The summed E-state index contributed by atoms with van der Waals surface area (Å²) >= 11 is 5.81. The number of anilines is 1. The molecule has 1 heterocycles. The maximum absolute atomic E-state index is 12.1. The summed E-state index contributed by atoms with van der Waals surface area (Å²) in [7, 11) is 0. The Balaban J connectivity index is 1.61. The van der Waals surface area contributed by atoms with Crippen LogP contribution in [0.15, 0.2) is 65.1 Å². The van der Waals surface area contributed by atoms with E-state index in [9.17, 15) is 9.90 Å². The molecule has 6 heteroatoms. The number of hydrogen-bond acceptors (Lipinski definition) is 4. The van der Waals surface area contributed by atoms with E-state index >= 15 is 0 Å². The van der Waals surface area contributed by atoms with E-state index in [2.05, 4.69) is 5.32 Å². The molecule has 5 nitrogen and oxygen atoms in total. The van der Waals surface area contributed by atoms with Gasteiger partial charge in [-0.3, -0.25) is 4.79 Å². The predicted octanol–water partition coefficient (Wildman–Crippen LogP) is 4.47. The number of furan rings is 1. The lowest BCUT2D eigenvalue weighted by Crippen LogP contribution is -2.10. The zero-order valence-electron chi connectivity index (χ0n) is 12.5. The number of phenols is 1. The van der Waals surface area contributed by atoms with Gasteiger partial charge in [0.25, 0.3) is 5.91 Å². The van der Waals surface area contributed by atoms with Crippen LogP contribution in [0.2, 0.25) is 5.02 Å². The van der Waals surface area contributed by atoms with Gasteiger partial charge in [0.2, 0.25) is 0 Å². The first-order valence-corrected chi connectivity index (χ1v) is 7.56. The summed E-state index contributed by atoms with van der Waals surface area (Å²) in [6, 6.07) is 16.6. The van der Waals surface area contributed by atoms with Crippen LogP contribution in [0, 0.1) is 0 Å². The molecular formula is C18H14ClNO4. The highest BCUT2D eigenvalue weighted by Crippen LogP contribution is 2.23. The monoisotopic (exact) mass is 343 g/mol. The molecule has 2 aromatic carbocycles. The van der Waals surface area contributed by atoms with Crippen LogP contribution in [0.4, 0.5) is 5.69 Å². The fourth-order valence-electron chi connectivity index (χ4n) is 2.03. The molecule has 2 N–H and O–H groups in total. The molecule has 0 bridgehead atoms. The Morgan fingerprint density at radius 3 is 2.58 bits per heavy atom. The van der Waals surface area contributed by atoms with Gasteiger partial charge in [0.15, 0.2) is 5.76 Å². The molecule has 1 aromatic heterocycles. The summed E-state index contributed by atoms with van der Waals surface area (Å²) in [5.41, 5.74) is 0.317. The average molecular weight is 344 g/mol. The molecule has 0 unspecified atom stereocenters. The summed E-state index contributed by atoms with van der Waals surface area (Å²) in [6.07, 6.45) is 0. The summed E-state index contributed by atoms with van der Waals surface area (Å²) in [4.78, 5) is 12.1. The number of para-hydroxylation sites is 2. The molecule has 0 aliphatic heterocycles. The van der Waals surface area contributed by atoms with Crippen LogP contribution in [0.3, 0.4) is 0 Å². The topological polar surface area (TPSA) is 71.7 Å². The average Bonchev–Trinajstić information content (AvgIpc) is 3.06. The molecule has 0 atom stereocenters. The van der Waals surface area contributed by atoms with Crippen LogP contribution < -0.4 is 10.1 Å². The molecule has 0 spiro atoms. The molecule has 3 aromatic rings. The van der Waals surface area contributed by atoms with Gasteiger partial charge < -0.3 is 19.6 Å². The normalized spacial score (nSPS) is 10.4. The summed E-state index contributed by atoms with van der Waals surface area (Å²) in [5.74, 6) is 0.828. The van der Waals surface area contributed by atoms with E-state index in [-0.39, 0.29) is 18.1 Å². The first-order valence-electron chi connectivity index (χ1n) is 7.18. The van der Waals surface area contributed by atoms with Gasteiger partial charge >= 0.3 is 0 Å². The minimum atomic E-state index is -0.450. The smallest absolute Gasteiger partial charge is 0.291 e. The maximum Gasteiger partial charge on any atom is 0.291 e. The number of hydrogen-bond donors (Lipinski definition) is 2. The van der Waals surface area contributed by atoms with Gasteiger partial charge in [-0.05, 0) is 48.5 Å². The lowest BCUT2D eigenvalue weighted by molar-refractivity contribution is 0.0992. The fourth-order valence-corrected chi connectivity index (χ4v) is 2.15. The van der Waals surface area contributed by atoms with E-state index in [1.165, 1.54) is 6.07 Å². The van der Waals surface area contributed by atoms with Crippen molar-refractivity contribution >= 4 is 23.2 Å². The minimum absolute atomic E-state index is 0.0105. The molecule has 0 saturated heterocycles. The van der Waals surface area contributed by atoms with Crippen molar-refractivity contribution in [3.63, 3.8) is 0 Å². The van der Waals surface area contributed by atoms with E-state index < -0.39 is 5.91 Å². The second-order valence-electron chi connectivity index (χ2n) is 4.98. The van der Waals surface area contributed by atoms with Gasteiger partial charge in [-0.15, -0.1) is 0 Å². The van der Waals surface area contributed by atoms with Crippen molar-refractivity contribution in [1.29, 1.82) is 0 Å². The Bertz CT molecular complexity index is 842. The highest BCUT2D eigenvalue weighted by atomic mass is 35.5. The van der Waals surface area contributed by atoms with Gasteiger partial charge in [-0.2, -0.15) is 0 Å². The Hall–Kier alpha value is -2.92. The number of aromatic hydroxyl groups is 1. The van der Waals surface area contributed by atoms with Crippen molar-refractivity contribution in [3.8, 4) is 11.5 Å². The van der Waals surface area contributed by atoms with Crippen molar-refractivity contribution in [2.45, 2.75) is 6.61 Å². The summed E-state index contributed by atoms with van der Waals surface area (Å²) in [5, 5.41) is 12.9. The second kappa shape index (κ2) is 7.10. The zero-order valence-corrected chi connectivity index (χ0v) is 13.3. The van der Waals surface area contributed by atoms with E-state index in [1.54, 1.807) is 54.6 Å².